The summed E-state index contributed by atoms with van der Waals surface area (Å²) in [4.78, 5) is 18.0. The number of aliphatic hydroxyl groups excluding tert-OH is 2. The second-order valence-corrected chi connectivity index (χ2v) is 4.90. The van der Waals surface area contributed by atoms with Crippen LogP contribution in [0.15, 0.2) is 4.79 Å². The third kappa shape index (κ3) is 2.16. The zero-order chi connectivity index (χ0) is 13.4. The Morgan fingerprint density at radius 1 is 1.61 bits per heavy atom. The topological polar surface area (TPSA) is 127 Å². The van der Waals surface area contributed by atoms with Crippen molar-refractivity contribution >= 4 is 33.6 Å². The Morgan fingerprint density at radius 2 is 2.28 bits per heavy atom. The number of nitrogens with one attached hydrogen (secondary N) is 2. The standard InChI is InChI=1S/C9H14BrN5O3/c1-3(16)6(17)4-2-12-5-7(15(4)10)13-9(11)14-8(5)18/h3-4,6,12,16-17H,2H2,1H3,(H3,11,13,14,18). The normalized spacial score (nSPS) is 22.0. The van der Waals surface area contributed by atoms with E-state index in [4.69, 9.17) is 5.73 Å². The van der Waals surface area contributed by atoms with Gasteiger partial charge in [0, 0.05) is 6.54 Å². The van der Waals surface area contributed by atoms with E-state index in [2.05, 4.69) is 31.4 Å². The molecule has 1 aliphatic heterocycles. The number of halogens is 1. The van der Waals surface area contributed by atoms with E-state index >= 15 is 0 Å². The molecule has 0 bridgehead atoms. The Morgan fingerprint density at radius 3 is 2.89 bits per heavy atom. The van der Waals surface area contributed by atoms with Crippen LogP contribution in [-0.2, 0) is 0 Å². The van der Waals surface area contributed by atoms with Crippen LogP contribution < -0.4 is 20.5 Å². The van der Waals surface area contributed by atoms with Crippen LogP contribution in [0.1, 0.15) is 6.92 Å². The van der Waals surface area contributed by atoms with Crippen LogP contribution in [0.25, 0.3) is 0 Å². The van der Waals surface area contributed by atoms with Crippen molar-refractivity contribution in [2.45, 2.75) is 25.2 Å². The molecule has 1 aromatic rings. The van der Waals surface area contributed by atoms with E-state index in [1.54, 1.807) is 0 Å². The Labute approximate surface area is 111 Å². The summed E-state index contributed by atoms with van der Waals surface area (Å²) < 4.78 is 1.46. The number of hydrogen-bond acceptors (Lipinski definition) is 7. The van der Waals surface area contributed by atoms with Crippen molar-refractivity contribution in [1.82, 2.24) is 9.97 Å². The summed E-state index contributed by atoms with van der Waals surface area (Å²) >= 11 is 3.24. The van der Waals surface area contributed by atoms with Crippen LogP contribution in [0.4, 0.5) is 17.5 Å². The fourth-order valence-corrected chi connectivity index (χ4v) is 2.46. The number of nitrogens with two attached hydrogens (primary N) is 1. The number of nitrogens with zero attached hydrogens (tertiary/aromatic N) is 2. The predicted octanol–water partition coefficient (Wildman–Crippen LogP) is -0.996. The minimum Gasteiger partial charge on any atom is -0.391 e. The van der Waals surface area contributed by atoms with Gasteiger partial charge in [-0.15, -0.1) is 0 Å². The van der Waals surface area contributed by atoms with E-state index in [0.717, 1.165) is 0 Å². The number of aromatic amines is 1. The molecule has 2 heterocycles. The number of nitrogen functional groups attached to an aromatic ring is 1. The van der Waals surface area contributed by atoms with Crippen molar-refractivity contribution in [1.29, 1.82) is 0 Å². The zero-order valence-corrected chi connectivity index (χ0v) is 11.2. The molecule has 8 nitrogen and oxygen atoms in total. The van der Waals surface area contributed by atoms with E-state index < -0.39 is 18.2 Å². The van der Waals surface area contributed by atoms with Crippen LogP contribution in [-0.4, -0.2) is 45.0 Å². The summed E-state index contributed by atoms with van der Waals surface area (Å²) in [5.41, 5.74) is 5.36. The van der Waals surface area contributed by atoms with Crippen molar-refractivity contribution in [2.24, 2.45) is 0 Å². The monoisotopic (exact) mass is 319 g/mol. The Balaban J connectivity index is 2.39. The molecule has 0 fully saturated rings. The third-order valence-corrected chi connectivity index (χ3v) is 3.65. The maximum atomic E-state index is 11.6. The summed E-state index contributed by atoms with van der Waals surface area (Å²) in [6.45, 7) is 1.78. The quantitative estimate of drug-likeness (QED) is 0.442. The second-order valence-electron chi connectivity index (χ2n) is 4.14. The molecular formula is C9H14BrN5O3. The number of aromatic nitrogens is 2. The molecule has 100 valence electrons. The lowest BCUT2D eigenvalue weighted by Gasteiger charge is -2.36. The lowest BCUT2D eigenvalue weighted by Crippen LogP contribution is -2.51. The van der Waals surface area contributed by atoms with Crippen LogP contribution in [0, 0.1) is 0 Å². The number of hydrogen-bond donors (Lipinski definition) is 5. The molecule has 0 saturated heterocycles. The van der Waals surface area contributed by atoms with Gasteiger partial charge in [-0.1, -0.05) is 0 Å². The Kier molecular flexibility index (Phi) is 3.46. The van der Waals surface area contributed by atoms with Crippen molar-refractivity contribution < 1.29 is 10.2 Å². The summed E-state index contributed by atoms with van der Waals surface area (Å²) in [6, 6.07) is -0.466. The van der Waals surface area contributed by atoms with Gasteiger partial charge in [0.15, 0.2) is 5.82 Å². The van der Waals surface area contributed by atoms with Crippen molar-refractivity contribution in [3.63, 3.8) is 0 Å². The highest BCUT2D eigenvalue weighted by Crippen LogP contribution is 2.31. The maximum absolute atomic E-state index is 11.6. The van der Waals surface area contributed by atoms with Gasteiger partial charge < -0.3 is 21.3 Å². The number of H-pyrrole nitrogens is 1. The average Bonchev–Trinajstić information content (AvgIpc) is 2.29. The molecule has 0 radical (unpaired) electrons. The lowest BCUT2D eigenvalue weighted by atomic mass is 10.0. The molecule has 0 saturated carbocycles. The van der Waals surface area contributed by atoms with Crippen molar-refractivity contribution in [3.05, 3.63) is 10.4 Å². The first-order valence-electron chi connectivity index (χ1n) is 5.36. The van der Waals surface area contributed by atoms with Crippen LogP contribution in [0.5, 0.6) is 0 Å². The second kappa shape index (κ2) is 4.75. The molecule has 0 amide bonds. The molecule has 0 spiro atoms. The highest BCUT2D eigenvalue weighted by Gasteiger charge is 2.35. The molecule has 3 atom stereocenters. The van der Waals surface area contributed by atoms with Crippen molar-refractivity contribution in [2.75, 3.05) is 21.5 Å². The minimum atomic E-state index is -0.993. The van der Waals surface area contributed by atoms with E-state index in [1.807, 2.05) is 0 Å². The average molecular weight is 320 g/mol. The molecule has 0 aromatic carbocycles. The SMILES string of the molecule is CC(O)C(O)C1CNc2c(nc(N)[nH]c2=O)N1Br. The number of fused-ring (bicyclic) bond motifs is 1. The summed E-state index contributed by atoms with van der Waals surface area (Å²) in [5.74, 6) is 0.268. The fourth-order valence-electron chi connectivity index (χ4n) is 1.81. The summed E-state index contributed by atoms with van der Waals surface area (Å²) in [7, 11) is 0. The highest BCUT2D eigenvalue weighted by atomic mass is 79.9. The van der Waals surface area contributed by atoms with Crippen LogP contribution >= 0.6 is 16.1 Å². The van der Waals surface area contributed by atoms with Crippen LogP contribution in [0.2, 0.25) is 0 Å². The van der Waals surface area contributed by atoms with Gasteiger partial charge in [0.1, 0.15) is 11.8 Å². The molecule has 6 N–H and O–H groups in total. The first-order chi connectivity index (χ1) is 8.41. The Bertz CT molecular complexity index is 505. The van der Waals surface area contributed by atoms with Crippen LogP contribution in [0.3, 0.4) is 0 Å². The largest absolute Gasteiger partial charge is 0.391 e. The smallest absolute Gasteiger partial charge is 0.277 e. The molecule has 2 rings (SSSR count). The molecule has 1 aromatic heterocycles. The number of rotatable bonds is 2. The zero-order valence-electron chi connectivity index (χ0n) is 9.59. The molecule has 9 heteroatoms. The molecule has 3 unspecified atom stereocenters. The maximum Gasteiger partial charge on any atom is 0.277 e. The number of aliphatic hydroxyl groups is 2. The van der Waals surface area contributed by atoms with Crippen molar-refractivity contribution in [3.8, 4) is 0 Å². The minimum absolute atomic E-state index is 0.0165. The summed E-state index contributed by atoms with van der Waals surface area (Å²) in [5, 5.41) is 22.2. The van der Waals surface area contributed by atoms with Gasteiger partial charge in [0.25, 0.3) is 5.56 Å². The molecule has 1 aliphatic rings. The van der Waals surface area contributed by atoms with Gasteiger partial charge in [0.2, 0.25) is 5.95 Å². The van der Waals surface area contributed by atoms with Gasteiger partial charge in [0.05, 0.1) is 28.3 Å². The first-order valence-corrected chi connectivity index (χ1v) is 6.07. The molecule has 0 aliphatic carbocycles. The van der Waals surface area contributed by atoms with Gasteiger partial charge in [-0.3, -0.25) is 13.7 Å². The first kappa shape index (κ1) is 13.1. The Hall–Kier alpha value is -1.32. The van der Waals surface area contributed by atoms with E-state index in [0.29, 0.717) is 6.54 Å². The van der Waals surface area contributed by atoms with Gasteiger partial charge >= 0.3 is 0 Å². The van der Waals surface area contributed by atoms with Gasteiger partial charge in [-0.05, 0) is 6.92 Å². The lowest BCUT2D eigenvalue weighted by molar-refractivity contribution is 0.0189. The van der Waals surface area contributed by atoms with Gasteiger partial charge in [-0.25, -0.2) is 0 Å². The highest BCUT2D eigenvalue weighted by molar-refractivity contribution is 9.10. The summed E-state index contributed by atoms with van der Waals surface area (Å²) in [6.07, 6.45) is -1.90. The third-order valence-electron chi connectivity index (χ3n) is 2.79. The van der Waals surface area contributed by atoms with Gasteiger partial charge in [-0.2, -0.15) is 4.98 Å². The number of anilines is 3. The fraction of sp³-hybridized carbons (Fsp3) is 0.556. The van der Waals surface area contributed by atoms with E-state index in [-0.39, 0.29) is 23.0 Å². The molecular weight excluding hydrogens is 306 g/mol. The predicted molar refractivity (Wildman–Crippen MR) is 70.6 cm³/mol. The van der Waals surface area contributed by atoms with E-state index in [9.17, 15) is 15.0 Å². The van der Waals surface area contributed by atoms with E-state index in [1.165, 1.54) is 10.8 Å². The molecule has 18 heavy (non-hydrogen) atoms.